The largest absolute Gasteiger partial charge is 0.265 e. The Bertz CT molecular complexity index is 571. The molecule has 2 rings (SSSR count). The van der Waals surface area contributed by atoms with E-state index in [1.165, 1.54) is 28.5 Å². The fraction of sp³-hybridized carbons (Fsp3) is 0.438. The molecule has 0 amide bonds. The molecule has 0 fully saturated rings. The summed E-state index contributed by atoms with van der Waals surface area (Å²) in [6.45, 7) is 13.2. The molecule has 0 bridgehead atoms. The van der Waals surface area contributed by atoms with Gasteiger partial charge in [0.25, 0.3) is 5.82 Å². The summed E-state index contributed by atoms with van der Waals surface area (Å²) in [5, 5.41) is 0. The lowest BCUT2D eigenvalue weighted by atomic mass is 9.95. The van der Waals surface area contributed by atoms with Gasteiger partial charge in [-0.2, -0.15) is 4.57 Å². The third kappa shape index (κ3) is 2.07. The number of H-pyrrole nitrogens is 1. The molecule has 1 N–H and O–H groups in total. The minimum Gasteiger partial charge on any atom is -0.244 e. The number of nitrogens with zero attached hydrogens (tertiary/aromatic N) is 1. The number of aryl methyl sites for hydroxylation is 2. The van der Waals surface area contributed by atoms with Crippen LogP contribution in [0.25, 0.3) is 5.69 Å². The van der Waals surface area contributed by atoms with Crippen molar-refractivity contribution in [1.29, 1.82) is 0 Å². The number of hydrogen-bond donors (Lipinski definition) is 1. The Morgan fingerprint density at radius 2 is 1.61 bits per heavy atom. The van der Waals surface area contributed by atoms with Gasteiger partial charge in [-0.15, -0.1) is 0 Å². The maximum Gasteiger partial charge on any atom is 0.265 e. The quantitative estimate of drug-likeness (QED) is 0.739. The van der Waals surface area contributed by atoms with Crippen molar-refractivity contribution in [3.8, 4) is 5.69 Å². The van der Waals surface area contributed by atoms with Crippen LogP contribution >= 0.6 is 0 Å². The predicted molar refractivity (Wildman–Crippen MR) is 75.2 cm³/mol. The highest BCUT2D eigenvalue weighted by atomic mass is 15.1. The fourth-order valence-electron chi connectivity index (χ4n) is 2.30. The lowest BCUT2D eigenvalue weighted by molar-refractivity contribution is -0.614. The Labute approximate surface area is 110 Å². The van der Waals surface area contributed by atoms with Gasteiger partial charge in [-0.3, -0.25) is 0 Å². The highest BCUT2D eigenvalue weighted by Gasteiger charge is 2.31. The van der Waals surface area contributed by atoms with E-state index in [0.29, 0.717) is 0 Å². The maximum absolute atomic E-state index is 3.54. The van der Waals surface area contributed by atoms with Crippen molar-refractivity contribution in [1.82, 2.24) is 4.98 Å². The van der Waals surface area contributed by atoms with Crippen LogP contribution in [-0.2, 0) is 5.41 Å². The molecule has 0 atom stereocenters. The summed E-state index contributed by atoms with van der Waals surface area (Å²) in [5.74, 6) is 1.26. The van der Waals surface area contributed by atoms with E-state index in [9.17, 15) is 0 Å². The van der Waals surface area contributed by atoms with Crippen LogP contribution in [0.5, 0.6) is 0 Å². The first-order valence-corrected chi connectivity index (χ1v) is 6.50. The van der Waals surface area contributed by atoms with Crippen LogP contribution < -0.4 is 4.57 Å². The van der Waals surface area contributed by atoms with E-state index in [-0.39, 0.29) is 5.41 Å². The SMILES string of the molecule is Cc1ccccc1-[n+]1c(C(C)(C)C)[nH]c(C)c1C. The number of benzene rings is 1. The molecule has 0 saturated heterocycles. The van der Waals surface area contributed by atoms with Gasteiger partial charge in [-0.1, -0.05) is 18.2 Å². The Kier molecular flexibility index (Phi) is 3.05. The van der Waals surface area contributed by atoms with Crippen molar-refractivity contribution in [2.24, 2.45) is 0 Å². The molecular formula is C16H23N2+. The Morgan fingerprint density at radius 3 is 2.17 bits per heavy atom. The van der Waals surface area contributed by atoms with Crippen LogP contribution in [-0.4, -0.2) is 4.98 Å². The number of para-hydroxylation sites is 1. The second-order valence-corrected chi connectivity index (χ2v) is 6.06. The van der Waals surface area contributed by atoms with E-state index in [2.05, 4.69) is 75.4 Å². The maximum atomic E-state index is 3.54. The Balaban J connectivity index is 2.75. The van der Waals surface area contributed by atoms with Gasteiger partial charge < -0.3 is 0 Å². The molecule has 2 nitrogen and oxygen atoms in total. The summed E-state index contributed by atoms with van der Waals surface area (Å²) in [6.07, 6.45) is 0. The predicted octanol–water partition coefficient (Wildman–Crippen LogP) is 3.51. The van der Waals surface area contributed by atoms with Crippen LogP contribution in [0.1, 0.15) is 43.5 Å². The van der Waals surface area contributed by atoms with Crippen molar-refractivity contribution >= 4 is 0 Å². The van der Waals surface area contributed by atoms with E-state index in [1.807, 2.05) is 0 Å². The van der Waals surface area contributed by atoms with Gasteiger partial charge in [0.1, 0.15) is 17.1 Å². The molecule has 0 radical (unpaired) electrons. The van der Waals surface area contributed by atoms with Gasteiger partial charge in [0, 0.05) is 13.8 Å². The zero-order valence-electron chi connectivity index (χ0n) is 12.3. The normalized spacial score (nSPS) is 11.9. The molecule has 0 aliphatic rings. The molecule has 0 aliphatic heterocycles. The summed E-state index contributed by atoms with van der Waals surface area (Å²) < 4.78 is 2.35. The molecule has 1 aromatic heterocycles. The van der Waals surface area contributed by atoms with Crippen LogP contribution in [0.3, 0.4) is 0 Å². The van der Waals surface area contributed by atoms with Crippen molar-refractivity contribution in [3.05, 3.63) is 47.0 Å². The Morgan fingerprint density at radius 1 is 1.00 bits per heavy atom. The molecule has 18 heavy (non-hydrogen) atoms. The van der Waals surface area contributed by atoms with Crippen LogP contribution in [0.4, 0.5) is 0 Å². The van der Waals surface area contributed by atoms with Gasteiger partial charge in [0.2, 0.25) is 0 Å². The number of nitrogens with one attached hydrogen (secondary N) is 1. The molecule has 1 heterocycles. The van der Waals surface area contributed by atoms with Crippen LogP contribution in [0.15, 0.2) is 24.3 Å². The first-order valence-electron chi connectivity index (χ1n) is 6.50. The summed E-state index contributed by atoms with van der Waals surface area (Å²) >= 11 is 0. The van der Waals surface area contributed by atoms with Gasteiger partial charge in [0.15, 0.2) is 0 Å². The second-order valence-electron chi connectivity index (χ2n) is 6.06. The summed E-state index contributed by atoms with van der Waals surface area (Å²) in [5.41, 5.74) is 5.19. The first kappa shape index (κ1) is 12.9. The van der Waals surface area contributed by atoms with Gasteiger partial charge in [-0.25, -0.2) is 4.98 Å². The van der Waals surface area contributed by atoms with E-state index < -0.39 is 0 Å². The van der Waals surface area contributed by atoms with E-state index in [1.54, 1.807) is 0 Å². The minimum atomic E-state index is 0.0985. The van der Waals surface area contributed by atoms with E-state index in [4.69, 9.17) is 0 Å². The molecule has 0 aliphatic carbocycles. The monoisotopic (exact) mass is 243 g/mol. The first-order chi connectivity index (χ1) is 8.32. The molecule has 2 aromatic rings. The number of imidazole rings is 1. The number of aromatic nitrogens is 2. The Hall–Kier alpha value is -1.57. The van der Waals surface area contributed by atoms with Crippen LogP contribution in [0.2, 0.25) is 0 Å². The van der Waals surface area contributed by atoms with Crippen molar-refractivity contribution < 1.29 is 4.57 Å². The second kappa shape index (κ2) is 4.27. The van der Waals surface area contributed by atoms with Gasteiger partial charge in [0.05, 0.1) is 5.41 Å². The average molecular weight is 243 g/mol. The van der Waals surface area contributed by atoms with Gasteiger partial charge >= 0.3 is 0 Å². The molecule has 0 saturated carbocycles. The minimum absolute atomic E-state index is 0.0985. The molecular weight excluding hydrogens is 220 g/mol. The third-order valence-electron chi connectivity index (χ3n) is 3.47. The summed E-state index contributed by atoms with van der Waals surface area (Å²) in [6, 6.07) is 8.54. The molecule has 0 spiro atoms. The zero-order valence-corrected chi connectivity index (χ0v) is 12.3. The average Bonchev–Trinajstić information content (AvgIpc) is 2.57. The highest BCUT2D eigenvalue weighted by molar-refractivity contribution is 5.33. The fourth-order valence-corrected chi connectivity index (χ4v) is 2.30. The lowest BCUT2D eigenvalue weighted by Crippen LogP contribution is -2.42. The third-order valence-corrected chi connectivity index (χ3v) is 3.47. The lowest BCUT2D eigenvalue weighted by Gasteiger charge is -2.15. The molecule has 1 aromatic carbocycles. The van der Waals surface area contributed by atoms with Crippen molar-refractivity contribution in [3.63, 3.8) is 0 Å². The van der Waals surface area contributed by atoms with Crippen molar-refractivity contribution in [2.75, 3.05) is 0 Å². The van der Waals surface area contributed by atoms with Crippen LogP contribution in [0, 0.1) is 20.8 Å². The zero-order chi connectivity index (χ0) is 13.5. The topological polar surface area (TPSA) is 19.7 Å². The number of hydrogen-bond acceptors (Lipinski definition) is 0. The summed E-state index contributed by atoms with van der Waals surface area (Å²) in [7, 11) is 0. The van der Waals surface area contributed by atoms with Crippen molar-refractivity contribution in [2.45, 2.75) is 47.0 Å². The van der Waals surface area contributed by atoms with E-state index in [0.717, 1.165) is 0 Å². The smallest absolute Gasteiger partial charge is 0.244 e. The molecule has 0 unspecified atom stereocenters. The summed E-state index contributed by atoms with van der Waals surface area (Å²) in [4.78, 5) is 3.54. The van der Waals surface area contributed by atoms with E-state index >= 15 is 0 Å². The number of rotatable bonds is 1. The highest BCUT2D eigenvalue weighted by Crippen LogP contribution is 2.21. The molecule has 2 heteroatoms. The van der Waals surface area contributed by atoms with Gasteiger partial charge in [-0.05, 0) is 39.3 Å². The number of aromatic amines is 1. The standard InChI is InChI=1S/C16H22N2/c1-11-9-7-8-10-14(11)18-13(3)12(2)17-15(18)16(4,5)6/h7-10H,1-6H3/p+1. The molecule has 96 valence electrons.